The van der Waals surface area contributed by atoms with E-state index in [0.717, 1.165) is 85.1 Å². The molecule has 0 bridgehead atoms. The molecule has 6 atom stereocenters. The molecule has 3 N–H and O–H groups in total. The third-order valence-corrected chi connectivity index (χ3v) is 15.1. The van der Waals surface area contributed by atoms with Crippen molar-refractivity contribution < 1.29 is 67.0 Å². The lowest BCUT2D eigenvalue weighted by molar-refractivity contribution is -0.142. The van der Waals surface area contributed by atoms with Crippen LogP contribution in [0.15, 0.2) is 60.1 Å². The number of carbonyl (C=O) groups excluding carboxylic acids is 5. The van der Waals surface area contributed by atoms with Crippen LogP contribution in [0.25, 0.3) is 21.8 Å². The number of hydrogen-bond donors (Lipinski definition) is 3. The molecule has 0 unspecified atom stereocenters. The average molecular weight is 1030 g/mol. The predicted octanol–water partition coefficient (Wildman–Crippen LogP) is 6.36. The second kappa shape index (κ2) is 24.3. The van der Waals surface area contributed by atoms with Gasteiger partial charge in [-0.15, -0.1) is 0 Å². The SMILES string of the molecule is CCOC(=O)CNC(=O)n1c2c(c3c(OC)cccc31)CCN1C[C@@H](CC)[C@@H](/C(=C\OC)C(=O)OC)C[C@@H]21.CC[C@@H]1CN2CCc3c(n(C(=O)NCC(=O)O)c4cccc(OC)c34)[C@@H]2C[C@@H]1/C(=C\OC)C(=O)OC. The van der Waals surface area contributed by atoms with Crippen LogP contribution in [0.3, 0.4) is 0 Å². The number of amides is 2. The molecule has 2 amide bonds. The Morgan fingerprint density at radius 3 is 1.43 bits per heavy atom. The molecule has 0 saturated carbocycles. The molecule has 4 aliphatic rings. The van der Waals surface area contributed by atoms with Crippen LogP contribution < -0.4 is 20.1 Å². The van der Waals surface area contributed by atoms with Gasteiger partial charge in [-0.05, 0) is 91.7 Å². The number of rotatable bonds is 15. The fraction of sp³-hybridized carbons (Fsp3) is 0.519. The first-order valence-electron chi connectivity index (χ1n) is 25.2. The first-order chi connectivity index (χ1) is 35.7. The molecule has 20 heteroatoms. The summed E-state index contributed by atoms with van der Waals surface area (Å²) in [5.41, 5.74) is 6.09. The molecule has 74 heavy (non-hydrogen) atoms. The third kappa shape index (κ3) is 10.6. The maximum atomic E-state index is 13.6. The van der Waals surface area contributed by atoms with Crippen LogP contribution in [0.4, 0.5) is 9.59 Å². The van der Waals surface area contributed by atoms with Crippen LogP contribution in [0.1, 0.15) is 81.1 Å². The largest absolute Gasteiger partial charge is 0.504 e. The molecular formula is C54H70N6O14. The van der Waals surface area contributed by atoms with Crippen LogP contribution in [0.2, 0.25) is 0 Å². The normalized spacial score (nSPS) is 21.6. The lowest BCUT2D eigenvalue weighted by Crippen LogP contribution is -2.48. The fourth-order valence-corrected chi connectivity index (χ4v) is 12.0. The van der Waals surface area contributed by atoms with Crippen molar-refractivity contribution in [2.75, 3.05) is 88.5 Å². The zero-order chi connectivity index (χ0) is 53.4. The second-order valence-corrected chi connectivity index (χ2v) is 18.8. The number of piperidine rings is 2. The third-order valence-electron chi connectivity index (χ3n) is 15.1. The molecule has 4 aliphatic heterocycles. The number of carboxylic acid groups (broad SMARTS) is 1. The monoisotopic (exact) mass is 1030 g/mol. The van der Waals surface area contributed by atoms with Gasteiger partial charge < -0.3 is 48.9 Å². The maximum Gasteiger partial charge on any atom is 0.337 e. The average Bonchev–Trinajstić information content (AvgIpc) is 3.95. The van der Waals surface area contributed by atoms with Crippen molar-refractivity contribution in [3.8, 4) is 11.5 Å². The number of hydrogen-bond acceptors (Lipinski definition) is 15. The Morgan fingerprint density at radius 1 is 0.635 bits per heavy atom. The minimum atomic E-state index is -1.12. The standard InChI is InChI=1S/C28H37N3O7.C26H33N3O7/c1-6-17-15-30-12-11-18-25-21(9-8-10-23(25)36-4)31(28(34)29-14-24(32)38-7-2)26(18)22(30)13-19(17)20(16-35-3)27(33)37-5;1-5-15-13-28-10-9-16-23-19(7-6-8-21(23)35-3)29(26(33)27-12-22(30)31)24(16)20(28)11-17(15)18(14-34-2)25(32)36-4/h8-10,16-17,19,22H,6-7,11-15H2,1-5H3,(H,29,34);6-8,14-15,17,20H,5,9-13H2,1-4H3,(H,27,33)(H,30,31)/b20-16+;18-14+/t17-,19+,22+;15-,17+,20+/m11/s1. The van der Waals surface area contributed by atoms with Gasteiger partial charge in [-0.2, -0.15) is 0 Å². The number of ether oxygens (including phenoxy) is 7. The molecule has 0 spiro atoms. The van der Waals surface area contributed by atoms with Gasteiger partial charge in [-0.1, -0.05) is 38.8 Å². The number of fused-ring (bicyclic) bond motifs is 10. The van der Waals surface area contributed by atoms with Gasteiger partial charge in [0, 0.05) is 48.3 Å². The summed E-state index contributed by atoms with van der Waals surface area (Å²) in [6.45, 7) is 8.61. The first kappa shape index (κ1) is 54.7. The van der Waals surface area contributed by atoms with Gasteiger partial charge in [0.15, 0.2) is 0 Å². The van der Waals surface area contributed by atoms with Crippen LogP contribution in [0.5, 0.6) is 11.5 Å². The summed E-state index contributed by atoms with van der Waals surface area (Å²) in [5, 5.41) is 16.1. The van der Waals surface area contributed by atoms with Crippen LogP contribution in [-0.4, -0.2) is 149 Å². The quantitative estimate of drug-likeness (QED) is 0.0509. The van der Waals surface area contributed by atoms with Gasteiger partial charge in [-0.3, -0.25) is 28.5 Å². The number of carbonyl (C=O) groups is 6. The number of aromatic nitrogens is 2. The Balaban J connectivity index is 0.000000217. The van der Waals surface area contributed by atoms with Crippen LogP contribution in [0, 0.1) is 23.7 Å². The number of carboxylic acids is 1. The number of aliphatic carboxylic acids is 1. The van der Waals surface area contributed by atoms with Gasteiger partial charge in [0.1, 0.15) is 24.6 Å². The molecule has 8 rings (SSSR count). The Morgan fingerprint density at radius 2 is 1.07 bits per heavy atom. The van der Waals surface area contributed by atoms with Crippen molar-refractivity contribution in [3.05, 3.63) is 82.6 Å². The van der Waals surface area contributed by atoms with E-state index in [0.29, 0.717) is 46.5 Å². The molecule has 6 heterocycles. The molecule has 0 aliphatic carbocycles. The zero-order valence-corrected chi connectivity index (χ0v) is 43.8. The summed E-state index contributed by atoms with van der Waals surface area (Å²) in [5.74, 6) is -0.923. The molecule has 4 aromatic rings. The van der Waals surface area contributed by atoms with E-state index in [2.05, 4.69) is 34.3 Å². The minimum Gasteiger partial charge on any atom is -0.504 e. The topological polar surface area (TPSA) is 228 Å². The number of esters is 3. The highest BCUT2D eigenvalue weighted by Crippen LogP contribution is 2.50. The van der Waals surface area contributed by atoms with E-state index in [1.165, 1.54) is 41.0 Å². The summed E-state index contributed by atoms with van der Waals surface area (Å²) in [6, 6.07) is 9.95. The highest BCUT2D eigenvalue weighted by atomic mass is 16.5. The van der Waals surface area contributed by atoms with Crippen LogP contribution >= 0.6 is 0 Å². The van der Waals surface area contributed by atoms with Crippen molar-refractivity contribution in [1.82, 2.24) is 29.6 Å². The van der Waals surface area contributed by atoms with E-state index in [9.17, 15) is 28.8 Å². The molecule has 2 fully saturated rings. The van der Waals surface area contributed by atoms with E-state index in [-0.39, 0.29) is 48.9 Å². The highest BCUT2D eigenvalue weighted by Gasteiger charge is 2.46. The van der Waals surface area contributed by atoms with Gasteiger partial charge in [-0.25, -0.2) is 19.2 Å². The number of nitrogens with one attached hydrogen (secondary N) is 2. The summed E-state index contributed by atoms with van der Waals surface area (Å²) < 4.78 is 40.3. The number of nitrogens with zero attached hydrogens (tertiary/aromatic N) is 4. The molecule has 400 valence electrons. The van der Waals surface area contributed by atoms with Crippen molar-refractivity contribution in [2.45, 2.75) is 71.4 Å². The lowest BCUT2D eigenvalue weighted by atomic mass is 9.74. The highest BCUT2D eigenvalue weighted by molar-refractivity contribution is 6.01. The van der Waals surface area contributed by atoms with Gasteiger partial charge >= 0.3 is 35.9 Å². The molecule has 0 radical (unpaired) electrons. The molecule has 2 aromatic heterocycles. The Hall–Kier alpha value is -7.06. The van der Waals surface area contributed by atoms with E-state index in [4.69, 9.17) is 38.3 Å². The molecule has 2 saturated heterocycles. The van der Waals surface area contributed by atoms with E-state index in [1.807, 2.05) is 36.4 Å². The Bertz CT molecular complexity index is 2810. The van der Waals surface area contributed by atoms with E-state index in [1.54, 1.807) is 30.3 Å². The van der Waals surface area contributed by atoms with Gasteiger partial charge in [0.2, 0.25) is 0 Å². The molecule has 2 aromatic carbocycles. The molecular weight excluding hydrogens is 957 g/mol. The van der Waals surface area contributed by atoms with Crippen molar-refractivity contribution in [2.24, 2.45) is 23.7 Å². The van der Waals surface area contributed by atoms with E-state index < -0.39 is 42.5 Å². The van der Waals surface area contributed by atoms with Crippen molar-refractivity contribution in [1.29, 1.82) is 0 Å². The van der Waals surface area contributed by atoms with Crippen molar-refractivity contribution >= 4 is 57.7 Å². The summed E-state index contributed by atoms with van der Waals surface area (Å²) in [7, 11) is 8.98. The Labute approximate surface area is 430 Å². The number of methoxy groups -OCH3 is 6. The van der Waals surface area contributed by atoms with Gasteiger partial charge in [0.05, 0.1) is 96.1 Å². The number of benzene rings is 2. The summed E-state index contributed by atoms with van der Waals surface area (Å²) >= 11 is 0. The summed E-state index contributed by atoms with van der Waals surface area (Å²) in [4.78, 5) is 80.4. The van der Waals surface area contributed by atoms with Crippen LogP contribution in [-0.2, 0) is 55.7 Å². The molecule has 20 nitrogen and oxygen atoms in total. The van der Waals surface area contributed by atoms with Gasteiger partial charge in [0.25, 0.3) is 0 Å². The fourth-order valence-electron chi connectivity index (χ4n) is 12.0. The maximum absolute atomic E-state index is 13.6. The van der Waals surface area contributed by atoms with Crippen molar-refractivity contribution in [3.63, 3.8) is 0 Å². The first-order valence-corrected chi connectivity index (χ1v) is 25.2. The zero-order valence-electron chi connectivity index (χ0n) is 43.8. The predicted molar refractivity (Wildman–Crippen MR) is 273 cm³/mol. The van der Waals surface area contributed by atoms with E-state index >= 15 is 0 Å². The summed E-state index contributed by atoms with van der Waals surface area (Å²) in [6.07, 6.45) is 7.38. The smallest absolute Gasteiger partial charge is 0.337 e. The second-order valence-electron chi connectivity index (χ2n) is 18.8. The lowest BCUT2D eigenvalue weighted by Gasteiger charge is -2.46. The minimum absolute atomic E-state index is 0.115. The Kier molecular flexibility index (Phi) is 18.0.